The normalized spacial score (nSPS) is 16.5. The van der Waals surface area contributed by atoms with Gasteiger partial charge in [-0.25, -0.2) is 4.98 Å². The zero-order valence-electron chi connectivity index (χ0n) is 13.4. The highest BCUT2D eigenvalue weighted by Crippen LogP contribution is 2.30. The van der Waals surface area contributed by atoms with Crippen molar-refractivity contribution >= 4 is 0 Å². The van der Waals surface area contributed by atoms with Crippen LogP contribution in [0.3, 0.4) is 0 Å². The number of hydrogen-bond donors (Lipinski definition) is 1. The first-order valence-electron chi connectivity index (χ1n) is 7.94. The molecule has 0 amide bonds. The lowest BCUT2D eigenvalue weighted by atomic mass is 10.1. The van der Waals surface area contributed by atoms with Crippen LogP contribution in [-0.4, -0.2) is 28.8 Å². The molecular formula is C17H20F3N3O. The predicted molar refractivity (Wildman–Crippen MR) is 84.3 cm³/mol. The highest BCUT2D eigenvalue weighted by atomic mass is 19.4. The van der Waals surface area contributed by atoms with Crippen LogP contribution in [0.2, 0.25) is 0 Å². The fourth-order valence-corrected chi connectivity index (χ4v) is 2.81. The smallest absolute Gasteiger partial charge is 0.381 e. The minimum absolute atomic E-state index is 0.311. The Morgan fingerprint density at radius 3 is 2.46 bits per heavy atom. The third-order valence-corrected chi connectivity index (χ3v) is 4.20. The number of aromatic nitrogens is 2. The van der Waals surface area contributed by atoms with Crippen LogP contribution < -0.4 is 5.32 Å². The molecule has 0 spiro atoms. The molecule has 1 aliphatic heterocycles. The molecule has 130 valence electrons. The van der Waals surface area contributed by atoms with E-state index in [2.05, 4.69) is 10.3 Å². The van der Waals surface area contributed by atoms with Gasteiger partial charge in [-0.1, -0.05) is 24.3 Å². The summed E-state index contributed by atoms with van der Waals surface area (Å²) in [5.41, 5.74) is 0.892. The quantitative estimate of drug-likeness (QED) is 0.928. The molecule has 7 heteroatoms. The van der Waals surface area contributed by atoms with Gasteiger partial charge >= 0.3 is 6.18 Å². The Hall–Kier alpha value is -1.86. The van der Waals surface area contributed by atoms with Gasteiger partial charge in [0, 0.05) is 44.6 Å². The molecule has 1 N–H and O–H groups in total. The van der Waals surface area contributed by atoms with Gasteiger partial charge in [-0.3, -0.25) is 0 Å². The number of hydrogen-bond acceptors (Lipinski definition) is 3. The first kappa shape index (κ1) is 17.0. The van der Waals surface area contributed by atoms with Crippen molar-refractivity contribution in [3.05, 3.63) is 41.7 Å². The topological polar surface area (TPSA) is 39.1 Å². The fraction of sp³-hybridized carbons (Fsp3) is 0.471. The van der Waals surface area contributed by atoms with Gasteiger partial charge < -0.3 is 14.6 Å². The van der Waals surface area contributed by atoms with Crippen LogP contribution in [0.1, 0.15) is 24.1 Å². The van der Waals surface area contributed by atoms with Gasteiger partial charge in [0.05, 0.1) is 0 Å². The van der Waals surface area contributed by atoms with Gasteiger partial charge in [0.15, 0.2) is 5.69 Å². The molecule has 0 atom stereocenters. The number of rotatable bonds is 4. The Morgan fingerprint density at radius 1 is 1.21 bits per heavy atom. The Morgan fingerprint density at radius 2 is 1.88 bits per heavy atom. The summed E-state index contributed by atoms with van der Waals surface area (Å²) < 4.78 is 45.0. The van der Waals surface area contributed by atoms with Crippen molar-refractivity contribution in [1.29, 1.82) is 0 Å². The average Bonchev–Trinajstić information content (AvgIpc) is 2.97. The molecule has 1 aromatic carbocycles. The van der Waals surface area contributed by atoms with Crippen LogP contribution in [0.5, 0.6) is 0 Å². The number of ether oxygens (including phenoxy) is 1. The maximum Gasteiger partial charge on any atom is 0.434 e. The molecule has 2 heterocycles. The Bertz CT molecular complexity index is 673. The molecule has 0 aliphatic carbocycles. The lowest BCUT2D eigenvalue weighted by Crippen LogP contribution is -2.34. The molecule has 2 aromatic rings. The fourth-order valence-electron chi connectivity index (χ4n) is 2.81. The first-order chi connectivity index (χ1) is 11.4. The van der Waals surface area contributed by atoms with Crippen LogP contribution in [0.4, 0.5) is 13.2 Å². The summed E-state index contributed by atoms with van der Waals surface area (Å²) in [6.45, 7) is 2.31. The van der Waals surface area contributed by atoms with Gasteiger partial charge in [0.2, 0.25) is 0 Å². The number of halogens is 3. The Balaban J connectivity index is 1.67. The van der Waals surface area contributed by atoms with E-state index in [1.807, 2.05) is 24.3 Å². The van der Waals surface area contributed by atoms with E-state index in [1.54, 1.807) is 7.05 Å². The van der Waals surface area contributed by atoms with E-state index in [0.717, 1.165) is 44.4 Å². The molecule has 24 heavy (non-hydrogen) atoms. The molecule has 1 saturated heterocycles. The molecule has 1 aromatic heterocycles. The van der Waals surface area contributed by atoms with Gasteiger partial charge in [0.25, 0.3) is 0 Å². The largest absolute Gasteiger partial charge is 0.434 e. The highest BCUT2D eigenvalue weighted by molar-refractivity contribution is 5.56. The van der Waals surface area contributed by atoms with Crippen molar-refractivity contribution in [3.8, 4) is 11.4 Å². The van der Waals surface area contributed by atoms with Crippen molar-refractivity contribution < 1.29 is 17.9 Å². The minimum atomic E-state index is -4.43. The summed E-state index contributed by atoms with van der Waals surface area (Å²) in [6, 6.07) is 7.92. The number of benzene rings is 1. The summed E-state index contributed by atoms with van der Waals surface area (Å²) in [5.74, 6) is 0.311. The monoisotopic (exact) mass is 339 g/mol. The van der Waals surface area contributed by atoms with Crippen LogP contribution in [-0.2, 0) is 24.5 Å². The predicted octanol–water partition coefficient (Wildman–Crippen LogP) is 3.37. The molecule has 0 unspecified atom stereocenters. The minimum Gasteiger partial charge on any atom is -0.381 e. The van der Waals surface area contributed by atoms with Gasteiger partial charge in [-0.15, -0.1) is 0 Å². The van der Waals surface area contributed by atoms with E-state index in [9.17, 15) is 13.2 Å². The summed E-state index contributed by atoms with van der Waals surface area (Å²) in [4.78, 5) is 3.71. The lowest BCUT2D eigenvalue weighted by Gasteiger charge is -2.23. The first-order valence-corrected chi connectivity index (χ1v) is 7.94. The highest BCUT2D eigenvalue weighted by Gasteiger charge is 2.34. The summed E-state index contributed by atoms with van der Waals surface area (Å²) in [7, 11) is 1.57. The van der Waals surface area contributed by atoms with E-state index in [1.165, 1.54) is 4.57 Å². The summed E-state index contributed by atoms with van der Waals surface area (Å²) >= 11 is 0. The van der Waals surface area contributed by atoms with E-state index in [4.69, 9.17) is 4.74 Å². The molecule has 4 nitrogen and oxygen atoms in total. The summed E-state index contributed by atoms with van der Waals surface area (Å²) in [6.07, 6.45) is -1.41. The molecular weight excluding hydrogens is 319 g/mol. The maximum atomic E-state index is 12.7. The van der Waals surface area contributed by atoms with Crippen LogP contribution in [0.15, 0.2) is 30.5 Å². The van der Waals surface area contributed by atoms with Crippen molar-refractivity contribution in [2.45, 2.75) is 31.6 Å². The van der Waals surface area contributed by atoms with Crippen molar-refractivity contribution in [2.75, 3.05) is 13.2 Å². The Labute approximate surface area is 138 Å². The van der Waals surface area contributed by atoms with E-state index in [-0.39, 0.29) is 0 Å². The SMILES string of the molecule is Cn1cc(C(F)(F)F)nc1-c1ccc(CNC2CCOCC2)cc1. The number of nitrogens with one attached hydrogen (secondary N) is 1. The number of alkyl halides is 3. The summed E-state index contributed by atoms with van der Waals surface area (Å²) in [5, 5.41) is 3.48. The van der Waals surface area contributed by atoms with Gasteiger partial charge in [-0.2, -0.15) is 13.2 Å². The average molecular weight is 339 g/mol. The second kappa shape index (κ2) is 6.94. The van der Waals surface area contributed by atoms with Crippen molar-refractivity contribution in [3.63, 3.8) is 0 Å². The lowest BCUT2D eigenvalue weighted by molar-refractivity contribution is -0.140. The molecule has 0 radical (unpaired) electrons. The van der Waals surface area contributed by atoms with Crippen molar-refractivity contribution in [2.24, 2.45) is 7.05 Å². The zero-order valence-corrected chi connectivity index (χ0v) is 13.4. The number of imidazole rings is 1. The van der Waals surface area contributed by atoms with Crippen LogP contribution >= 0.6 is 0 Å². The Kier molecular flexibility index (Phi) is 4.91. The van der Waals surface area contributed by atoms with Crippen LogP contribution in [0, 0.1) is 0 Å². The second-order valence-electron chi connectivity index (χ2n) is 6.02. The molecule has 1 fully saturated rings. The maximum absolute atomic E-state index is 12.7. The van der Waals surface area contributed by atoms with E-state index < -0.39 is 11.9 Å². The van der Waals surface area contributed by atoms with Crippen molar-refractivity contribution in [1.82, 2.24) is 14.9 Å². The number of aryl methyl sites for hydroxylation is 1. The third kappa shape index (κ3) is 3.96. The standard InChI is InChI=1S/C17H20F3N3O/c1-23-11-15(17(18,19)20)22-16(23)13-4-2-12(3-5-13)10-21-14-6-8-24-9-7-14/h2-5,11,14,21H,6-10H2,1H3. The van der Waals surface area contributed by atoms with Crippen LogP contribution in [0.25, 0.3) is 11.4 Å². The third-order valence-electron chi connectivity index (χ3n) is 4.20. The zero-order chi connectivity index (χ0) is 17.2. The molecule has 3 rings (SSSR count). The van der Waals surface area contributed by atoms with E-state index in [0.29, 0.717) is 17.4 Å². The molecule has 0 saturated carbocycles. The molecule has 0 bridgehead atoms. The van der Waals surface area contributed by atoms with Gasteiger partial charge in [0.1, 0.15) is 5.82 Å². The van der Waals surface area contributed by atoms with Gasteiger partial charge in [-0.05, 0) is 18.4 Å². The second-order valence-corrected chi connectivity index (χ2v) is 6.02. The molecule has 1 aliphatic rings. The van der Waals surface area contributed by atoms with E-state index >= 15 is 0 Å². The number of nitrogens with zero attached hydrogens (tertiary/aromatic N) is 2.